The summed E-state index contributed by atoms with van der Waals surface area (Å²) in [5.74, 6) is 0. The third kappa shape index (κ3) is 13.3. The molecule has 0 aromatic heterocycles. The topological polar surface area (TPSA) is 102 Å². The van der Waals surface area contributed by atoms with Crippen LogP contribution in [0.25, 0.3) is 0 Å². The molecule has 1 rings (SSSR count). The van der Waals surface area contributed by atoms with E-state index < -0.39 is 102 Å². The molecule has 0 aliphatic carbocycles. The van der Waals surface area contributed by atoms with Gasteiger partial charge in [-0.2, -0.15) is 0 Å². The maximum Gasteiger partial charge on any atom is 0.320 e. The lowest BCUT2D eigenvalue weighted by Crippen LogP contribution is -2.65. The van der Waals surface area contributed by atoms with Crippen LogP contribution in [0, 0.1) is 0 Å². The van der Waals surface area contributed by atoms with Gasteiger partial charge in [-0.3, -0.25) is 0 Å². The third-order valence-corrected chi connectivity index (χ3v) is 44.9. The first-order valence-corrected chi connectivity index (χ1v) is 35.8. The molecule has 0 amide bonds. The van der Waals surface area contributed by atoms with Gasteiger partial charge in [0.25, 0.3) is 50.0 Å². The molecule has 1 aliphatic heterocycles. The van der Waals surface area contributed by atoms with Gasteiger partial charge >= 0.3 is 52.1 Å². The van der Waals surface area contributed by atoms with Crippen molar-refractivity contribution in [1.82, 2.24) is 0 Å². The van der Waals surface area contributed by atoms with Gasteiger partial charge in [0, 0.05) is 0 Å². The first-order chi connectivity index (χ1) is 21.1. The zero-order valence-corrected chi connectivity index (χ0v) is 43.1. The van der Waals surface area contributed by atoms with E-state index in [1.165, 1.54) is 0 Å². The van der Waals surface area contributed by atoms with Gasteiger partial charge in [-0.1, -0.05) is 76.2 Å². The lowest BCUT2D eigenvalue weighted by Gasteiger charge is -2.48. The van der Waals surface area contributed by atoms with E-state index in [2.05, 4.69) is 76.2 Å². The summed E-state index contributed by atoms with van der Waals surface area (Å²) in [7, 11) is -20.9. The van der Waals surface area contributed by atoms with E-state index in [1.54, 1.807) is 0 Å². The highest BCUT2D eigenvalue weighted by atomic mass is 28.5. The molecule has 1 aliphatic rings. The van der Waals surface area contributed by atoms with E-state index in [0.29, 0.717) is 0 Å². The number of hydrogen-bond donors (Lipinski definition) is 0. The van der Waals surface area contributed by atoms with Crippen molar-refractivity contribution in [1.29, 1.82) is 0 Å². The minimum absolute atomic E-state index is 0.857. The second-order valence-electron chi connectivity index (χ2n) is 11.2. The zero-order valence-electron chi connectivity index (χ0n) is 29.9. The Morgan fingerprint density at radius 1 is 0.386 bits per heavy atom. The van der Waals surface area contributed by atoms with Crippen LogP contribution in [0.15, 0.2) is 0 Å². The summed E-state index contributed by atoms with van der Waals surface area (Å²) in [6, 6.07) is 9.50. The van der Waals surface area contributed by atoms with Crippen molar-refractivity contribution in [2.24, 2.45) is 0 Å². The molecule has 0 radical (unpaired) electrons. The van der Waals surface area contributed by atoms with Gasteiger partial charge in [0.05, 0.1) is 0 Å². The quantitative estimate of drug-likeness (QED) is 0.288. The molecule has 1 unspecified atom stereocenters. The predicted octanol–water partition coefficient (Wildman–Crippen LogP) is 2.83. The lowest BCUT2D eigenvalue weighted by molar-refractivity contribution is 0.241. The molecule has 44 heavy (non-hydrogen) atoms. The Balaban J connectivity index is 3.59. The Morgan fingerprint density at radius 2 is 0.705 bits per heavy atom. The molecule has 22 heteroatoms. The molecule has 0 N–H and O–H groups in total. The fraction of sp³-hybridized carbons (Fsp3) is 1.00. The average Bonchev–Trinajstić information content (AvgIpc) is 3.07. The molecule has 0 aromatic rings. The van der Waals surface area contributed by atoms with E-state index in [1.807, 2.05) is 0 Å². The molecular weight excluding hydrogens is 749 g/mol. The second-order valence-corrected chi connectivity index (χ2v) is 43.4. The van der Waals surface area contributed by atoms with E-state index in [4.69, 9.17) is 45.3 Å². The van der Waals surface area contributed by atoms with Crippen molar-refractivity contribution < 1.29 is 45.3 Å². The summed E-state index contributed by atoms with van der Waals surface area (Å²) in [6.07, 6.45) is 0. The molecule has 1 heterocycles. The van der Waals surface area contributed by atoms with Gasteiger partial charge < -0.3 is 45.3 Å². The molecule has 1 fully saturated rings. The fourth-order valence-electron chi connectivity index (χ4n) is 5.31. The Hall–Kier alpha value is 1.95. The van der Waals surface area contributed by atoms with Crippen LogP contribution in [-0.4, -0.2) is 102 Å². The molecule has 1 atom stereocenters. The van der Waals surface area contributed by atoms with Gasteiger partial charge in [0.2, 0.25) is 0 Å². The predicted molar refractivity (Wildman–Crippen MR) is 206 cm³/mol. The van der Waals surface area contributed by atoms with Crippen molar-refractivity contribution in [3.8, 4) is 0 Å². The van der Waals surface area contributed by atoms with Gasteiger partial charge in [-0.25, -0.2) is 0 Å². The highest BCUT2D eigenvalue weighted by Gasteiger charge is 2.55. The van der Waals surface area contributed by atoms with Crippen LogP contribution in [0.4, 0.5) is 0 Å². The van der Waals surface area contributed by atoms with Crippen molar-refractivity contribution in [3.63, 3.8) is 0 Å². The highest BCUT2D eigenvalue weighted by Crippen LogP contribution is 2.38. The SMILES string of the molecule is CC[SiH]1O[SiH2]O[SiH2]O[SiH2]O[SiH2]O[SiH2]O[Si](CC)(CC)O[Si](CC)(CC)O[Si](CC)(CC)O[Si](CC)(CC)O[Si](CC)(CC)O1. The van der Waals surface area contributed by atoms with Gasteiger partial charge in [0.1, 0.15) is 0 Å². The standard InChI is InChI=1S/C22H66O11Si11/c1-12-39-27-37-25-35-23-34-24-36-26-38-28-40(13-2,14-3)30-42(17-6,18-7)32-44(21-10,22-11)33-43(19-8,20-9)31-41(15-4,16-5)29-39/h39H,12-22,34-38H2,1-11H3. The largest absolute Gasteiger partial charge is 0.425 e. The van der Waals surface area contributed by atoms with Crippen molar-refractivity contribution >= 4 is 102 Å². The summed E-state index contributed by atoms with van der Waals surface area (Å²) in [4.78, 5) is 0. The summed E-state index contributed by atoms with van der Waals surface area (Å²) in [6.45, 7) is 24.3. The molecule has 0 saturated carbocycles. The maximum atomic E-state index is 7.50. The number of rotatable bonds is 11. The first-order valence-electron chi connectivity index (χ1n) is 17.1. The third-order valence-electron chi connectivity index (χ3n) is 8.80. The van der Waals surface area contributed by atoms with Crippen LogP contribution >= 0.6 is 0 Å². The molecule has 11 nitrogen and oxygen atoms in total. The minimum atomic E-state index is -2.72. The Labute approximate surface area is 288 Å². The number of hydrogen-bond acceptors (Lipinski definition) is 11. The molecule has 1 saturated heterocycles. The van der Waals surface area contributed by atoms with E-state index in [-0.39, 0.29) is 0 Å². The van der Waals surface area contributed by atoms with Crippen molar-refractivity contribution in [3.05, 3.63) is 0 Å². The Kier molecular flexibility index (Phi) is 22.6. The normalized spacial score (nSPS) is 28.6. The zero-order chi connectivity index (χ0) is 33.2. The van der Waals surface area contributed by atoms with Gasteiger partial charge in [-0.15, -0.1) is 0 Å². The Morgan fingerprint density at radius 3 is 1.07 bits per heavy atom. The van der Waals surface area contributed by atoms with Crippen molar-refractivity contribution in [2.75, 3.05) is 0 Å². The molecule has 0 aromatic carbocycles. The minimum Gasteiger partial charge on any atom is -0.425 e. The summed E-state index contributed by atoms with van der Waals surface area (Å²) < 4.78 is 73.0. The highest BCUT2D eigenvalue weighted by molar-refractivity contribution is 6.92. The van der Waals surface area contributed by atoms with Crippen LogP contribution in [0.2, 0.25) is 66.5 Å². The summed E-state index contributed by atoms with van der Waals surface area (Å²) in [5, 5.41) is 0. The first kappa shape index (κ1) is 44.0. The monoisotopic (exact) mass is 814 g/mol. The molecule has 0 bridgehead atoms. The van der Waals surface area contributed by atoms with E-state index in [0.717, 1.165) is 66.5 Å². The molecular formula is C22H66O11Si11. The Bertz CT molecular complexity index is 745. The van der Waals surface area contributed by atoms with Crippen LogP contribution in [0.3, 0.4) is 0 Å². The fourth-order valence-corrected chi connectivity index (χ4v) is 47.8. The van der Waals surface area contributed by atoms with Crippen LogP contribution in [0.5, 0.6) is 0 Å². The molecule has 0 spiro atoms. The smallest absolute Gasteiger partial charge is 0.320 e. The van der Waals surface area contributed by atoms with Crippen molar-refractivity contribution in [2.45, 2.75) is 143 Å². The summed E-state index contributed by atoms with van der Waals surface area (Å²) >= 11 is 0. The van der Waals surface area contributed by atoms with E-state index >= 15 is 0 Å². The molecule has 264 valence electrons. The van der Waals surface area contributed by atoms with Crippen LogP contribution in [-0.2, 0) is 45.3 Å². The second kappa shape index (κ2) is 22.6. The maximum absolute atomic E-state index is 7.50. The van der Waals surface area contributed by atoms with Crippen LogP contribution < -0.4 is 0 Å². The summed E-state index contributed by atoms with van der Waals surface area (Å²) in [5.41, 5.74) is 0. The van der Waals surface area contributed by atoms with E-state index in [9.17, 15) is 0 Å². The van der Waals surface area contributed by atoms with Crippen LogP contribution in [0.1, 0.15) is 76.2 Å². The average molecular weight is 816 g/mol. The van der Waals surface area contributed by atoms with Gasteiger partial charge in [-0.05, 0) is 66.5 Å². The van der Waals surface area contributed by atoms with Gasteiger partial charge in [0.15, 0.2) is 0 Å². The lowest BCUT2D eigenvalue weighted by atomic mass is 10.9.